The van der Waals surface area contributed by atoms with Gasteiger partial charge in [-0.15, -0.1) is 0 Å². The van der Waals surface area contributed by atoms with Gasteiger partial charge in [0.2, 0.25) is 5.95 Å². The molecule has 2 aliphatic heterocycles. The lowest BCUT2D eigenvalue weighted by molar-refractivity contribution is -0.0361. The van der Waals surface area contributed by atoms with Crippen LogP contribution in [0.15, 0.2) is 30.3 Å². The molecular weight excluding hydrogens is 480 g/mol. The summed E-state index contributed by atoms with van der Waals surface area (Å²) in [4.78, 5) is 18.1. The number of aliphatic hydroxyl groups excluding tert-OH is 1. The Labute approximate surface area is 214 Å². The standard InChI is InChI=1S/C26H33F2N7O2/c27-24(28)25-30-20-3-1-2-4-21(20)35(25)23-13-22(33-9-11-37-12-10-33)31-26(32-23)29-14-17-5-7-18(8-6-17)34-15-19(36)16-34/h1-4,13,17-19,24,36H,5-12,14-16H2,(H,29,31,32)/t17-,18-. The molecule has 37 heavy (non-hydrogen) atoms. The summed E-state index contributed by atoms with van der Waals surface area (Å²) < 4.78 is 35.1. The van der Waals surface area contributed by atoms with Crippen LogP contribution in [0.4, 0.5) is 20.5 Å². The van der Waals surface area contributed by atoms with E-state index in [4.69, 9.17) is 14.7 Å². The third-order valence-electron chi connectivity index (χ3n) is 7.82. The molecule has 0 radical (unpaired) electrons. The number of ether oxygens (including phenoxy) is 1. The molecule has 3 aromatic rings. The number of benzene rings is 1. The van der Waals surface area contributed by atoms with E-state index in [9.17, 15) is 13.9 Å². The highest BCUT2D eigenvalue weighted by Crippen LogP contribution is 2.32. The quantitative estimate of drug-likeness (QED) is 0.498. The molecule has 1 aliphatic carbocycles. The SMILES string of the molecule is OC1CN([C@H]2CC[C@H](CNc3nc(N4CCOCC4)cc(-n4c(C(F)F)nc5ccccc54)n3)CC2)C1. The molecule has 3 fully saturated rings. The Morgan fingerprint density at radius 1 is 1.00 bits per heavy atom. The van der Waals surface area contributed by atoms with Gasteiger partial charge in [0.25, 0.3) is 6.43 Å². The Morgan fingerprint density at radius 2 is 1.73 bits per heavy atom. The van der Waals surface area contributed by atoms with Crippen LogP contribution in [-0.2, 0) is 4.74 Å². The van der Waals surface area contributed by atoms with Crippen molar-refractivity contribution in [3.63, 3.8) is 0 Å². The minimum atomic E-state index is -2.74. The number of β-amino-alcohol motifs (C(OH)–C–C–N with tert-alkyl or cyclic N) is 1. The second kappa shape index (κ2) is 10.5. The molecule has 2 aromatic heterocycles. The smallest absolute Gasteiger partial charge is 0.296 e. The molecule has 2 N–H and O–H groups in total. The fourth-order valence-electron chi connectivity index (χ4n) is 5.74. The summed E-state index contributed by atoms with van der Waals surface area (Å²) in [7, 11) is 0. The Hall–Kier alpha value is -2.89. The number of hydrogen-bond acceptors (Lipinski definition) is 8. The highest BCUT2D eigenvalue weighted by molar-refractivity contribution is 5.78. The number of fused-ring (bicyclic) bond motifs is 1. The molecule has 0 unspecified atom stereocenters. The van der Waals surface area contributed by atoms with Gasteiger partial charge in [-0.25, -0.2) is 13.8 Å². The van der Waals surface area contributed by atoms with Crippen LogP contribution in [0.2, 0.25) is 0 Å². The molecule has 1 saturated carbocycles. The Kier molecular flexibility index (Phi) is 6.92. The number of morpholine rings is 1. The maximum Gasteiger partial charge on any atom is 0.296 e. The van der Waals surface area contributed by atoms with Crippen molar-refractivity contribution in [2.24, 2.45) is 5.92 Å². The third kappa shape index (κ3) is 5.12. The number of rotatable bonds is 7. The van der Waals surface area contributed by atoms with Gasteiger partial charge in [-0.1, -0.05) is 12.1 Å². The molecule has 0 spiro atoms. The summed E-state index contributed by atoms with van der Waals surface area (Å²) in [5.74, 6) is 1.67. The van der Waals surface area contributed by atoms with E-state index in [0.717, 1.165) is 45.3 Å². The number of para-hydroxylation sites is 2. The van der Waals surface area contributed by atoms with Crippen molar-refractivity contribution in [3.8, 4) is 5.82 Å². The van der Waals surface area contributed by atoms with Crippen molar-refractivity contribution in [1.82, 2.24) is 24.4 Å². The number of halogens is 2. The normalized spacial score (nSPS) is 23.5. The largest absolute Gasteiger partial charge is 0.390 e. The number of aromatic nitrogens is 4. The highest BCUT2D eigenvalue weighted by atomic mass is 19.3. The number of nitrogens with zero attached hydrogens (tertiary/aromatic N) is 6. The first-order valence-corrected chi connectivity index (χ1v) is 13.2. The third-order valence-corrected chi connectivity index (χ3v) is 7.82. The molecule has 2 saturated heterocycles. The fourth-order valence-corrected chi connectivity index (χ4v) is 5.74. The summed E-state index contributed by atoms with van der Waals surface area (Å²) >= 11 is 0. The fraction of sp³-hybridized carbons (Fsp3) is 0.577. The van der Waals surface area contributed by atoms with E-state index in [1.807, 2.05) is 6.07 Å². The Bertz CT molecular complexity index is 1220. The first kappa shape index (κ1) is 24.4. The van der Waals surface area contributed by atoms with E-state index in [-0.39, 0.29) is 11.9 Å². The number of anilines is 2. The number of imidazole rings is 1. The summed E-state index contributed by atoms with van der Waals surface area (Å²) in [6, 6.07) is 9.46. The molecule has 11 heteroatoms. The van der Waals surface area contributed by atoms with Crippen LogP contribution in [0.1, 0.15) is 37.9 Å². The van der Waals surface area contributed by atoms with E-state index in [2.05, 4.69) is 20.1 Å². The van der Waals surface area contributed by atoms with Gasteiger partial charge in [-0.05, 0) is 43.7 Å². The average molecular weight is 514 g/mol. The highest BCUT2D eigenvalue weighted by Gasteiger charge is 2.33. The van der Waals surface area contributed by atoms with Crippen LogP contribution in [0.3, 0.4) is 0 Å². The van der Waals surface area contributed by atoms with Gasteiger partial charge in [0.1, 0.15) is 11.6 Å². The zero-order chi connectivity index (χ0) is 25.4. The van der Waals surface area contributed by atoms with Crippen molar-refractivity contribution < 1.29 is 18.6 Å². The summed E-state index contributed by atoms with van der Waals surface area (Å²) in [5.41, 5.74) is 1.09. The lowest BCUT2D eigenvalue weighted by Crippen LogP contribution is -2.56. The van der Waals surface area contributed by atoms with Crippen molar-refractivity contribution in [2.75, 3.05) is 56.2 Å². The van der Waals surface area contributed by atoms with Crippen LogP contribution in [0, 0.1) is 5.92 Å². The molecule has 0 atom stereocenters. The summed E-state index contributed by atoms with van der Waals surface area (Å²) in [6.45, 7) is 4.86. The van der Waals surface area contributed by atoms with Crippen LogP contribution in [0.5, 0.6) is 0 Å². The Balaban J connectivity index is 1.25. The van der Waals surface area contributed by atoms with E-state index in [1.54, 1.807) is 24.3 Å². The van der Waals surface area contributed by atoms with Crippen LogP contribution >= 0.6 is 0 Å². The number of likely N-dealkylation sites (tertiary alicyclic amines) is 1. The van der Waals surface area contributed by atoms with Gasteiger partial charge in [0, 0.05) is 44.8 Å². The summed E-state index contributed by atoms with van der Waals surface area (Å²) in [6.07, 6.45) is 1.54. The molecule has 0 bridgehead atoms. The maximum atomic E-state index is 14.1. The number of hydrogen-bond donors (Lipinski definition) is 2. The molecular formula is C26H33F2N7O2. The molecule has 198 valence electrons. The molecule has 4 heterocycles. The van der Waals surface area contributed by atoms with Gasteiger partial charge in [0.05, 0.1) is 30.4 Å². The predicted octanol–water partition coefficient (Wildman–Crippen LogP) is 3.24. The first-order chi connectivity index (χ1) is 18.0. The van der Waals surface area contributed by atoms with E-state index >= 15 is 0 Å². The van der Waals surface area contributed by atoms with Crippen LogP contribution < -0.4 is 10.2 Å². The van der Waals surface area contributed by atoms with Crippen molar-refractivity contribution in [1.29, 1.82) is 0 Å². The lowest BCUT2D eigenvalue weighted by Gasteiger charge is -2.44. The van der Waals surface area contributed by atoms with Gasteiger partial charge >= 0.3 is 0 Å². The monoisotopic (exact) mass is 513 g/mol. The second-order valence-corrected chi connectivity index (χ2v) is 10.3. The van der Waals surface area contributed by atoms with Crippen molar-refractivity contribution >= 4 is 22.8 Å². The van der Waals surface area contributed by atoms with Crippen molar-refractivity contribution in [3.05, 3.63) is 36.2 Å². The zero-order valence-electron chi connectivity index (χ0n) is 20.8. The second-order valence-electron chi connectivity index (χ2n) is 10.3. The average Bonchev–Trinajstić information content (AvgIpc) is 3.31. The lowest BCUT2D eigenvalue weighted by atomic mass is 9.84. The van der Waals surface area contributed by atoms with E-state index in [1.165, 1.54) is 4.57 Å². The maximum absolute atomic E-state index is 14.1. The number of nitrogens with one attached hydrogen (secondary N) is 1. The first-order valence-electron chi connectivity index (χ1n) is 13.2. The minimum Gasteiger partial charge on any atom is -0.390 e. The van der Waals surface area contributed by atoms with Crippen molar-refractivity contribution in [2.45, 2.75) is 44.3 Å². The Morgan fingerprint density at radius 3 is 2.46 bits per heavy atom. The van der Waals surface area contributed by atoms with Crippen LogP contribution in [-0.4, -0.2) is 87.6 Å². The number of aliphatic hydroxyl groups is 1. The molecule has 3 aliphatic rings. The van der Waals surface area contributed by atoms with Gasteiger partial charge in [-0.2, -0.15) is 9.97 Å². The molecule has 0 amide bonds. The topological polar surface area (TPSA) is 91.6 Å². The zero-order valence-corrected chi connectivity index (χ0v) is 20.8. The summed E-state index contributed by atoms with van der Waals surface area (Å²) in [5, 5.41) is 13.0. The van der Waals surface area contributed by atoms with E-state index < -0.39 is 6.43 Å². The van der Waals surface area contributed by atoms with Crippen LogP contribution in [0.25, 0.3) is 16.9 Å². The van der Waals surface area contributed by atoms with Gasteiger partial charge in [-0.3, -0.25) is 9.47 Å². The van der Waals surface area contributed by atoms with E-state index in [0.29, 0.717) is 66.9 Å². The van der Waals surface area contributed by atoms with Gasteiger partial charge in [0.15, 0.2) is 5.82 Å². The van der Waals surface area contributed by atoms with Gasteiger partial charge < -0.3 is 20.1 Å². The molecule has 9 nitrogen and oxygen atoms in total. The minimum absolute atomic E-state index is 0.164. The number of alkyl halides is 2. The predicted molar refractivity (Wildman–Crippen MR) is 136 cm³/mol. The molecule has 6 rings (SSSR count). The molecule has 1 aromatic carbocycles.